The predicted octanol–water partition coefficient (Wildman–Crippen LogP) is -0.836. The van der Waals surface area contributed by atoms with Crippen LogP contribution >= 0.6 is 0 Å². The van der Waals surface area contributed by atoms with Crippen LogP contribution in [0.4, 0.5) is 5.82 Å². The van der Waals surface area contributed by atoms with Crippen molar-refractivity contribution in [3.8, 4) is 0 Å². The van der Waals surface area contributed by atoms with Gasteiger partial charge in [0.15, 0.2) is 11.6 Å². The van der Waals surface area contributed by atoms with E-state index in [-0.39, 0.29) is 5.78 Å². The Morgan fingerprint density at radius 3 is 3.07 bits per heavy atom. The van der Waals surface area contributed by atoms with Crippen molar-refractivity contribution in [1.29, 1.82) is 0 Å². The van der Waals surface area contributed by atoms with Crippen LogP contribution in [0.3, 0.4) is 0 Å². The largest absolute Gasteiger partial charge is 0.382 e. The molecule has 1 aromatic rings. The third kappa shape index (κ3) is 0.969. The summed E-state index contributed by atoms with van der Waals surface area (Å²) in [5, 5.41) is 8.65. The number of nitrogens with two attached hydrogens (primary N) is 1. The van der Waals surface area contributed by atoms with Crippen molar-refractivity contribution < 1.29 is 4.79 Å². The summed E-state index contributed by atoms with van der Waals surface area (Å²) in [6.07, 6.45) is 6.44. The third-order valence-corrected chi connectivity index (χ3v) is 2.36. The standard InChI is InChI=1S/C10H6N4O/c11-10-9-5(4-12-14-9)8-6(13-10)2-1-3-7(8)15/h1-4H,(H2,11,13). The molecule has 0 fully saturated rings. The maximum atomic E-state index is 11.7. The molecule has 2 aliphatic rings. The number of fused-ring (bicyclic) bond motifs is 3. The van der Waals surface area contributed by atoms with Gasteiger partial charge in [0.2, 0.25) is 0 Å². The normalized spacial score (nSPS) is 15.6. The van der Waals surface area contributed by atoms with Crippen molar-refractivity contribution in [3.63, 3.8) is 0 Å². The van der Waals surface area contributed by atoms with E-state index in [2.05, 4.69) is 15.2 Å². The average molecular weight is 198 g/mol. The van der Waals surface area contributed by atoms with Crippen LogP contribution in [0, 0.1) is 0 Å². The minimum Gasteiger partial charge on any atom is -0.382 e. The molecule has 5 nitrogen and oxygen atoms in total. The van der Waals surface area contributed by atoms with Crippen LogP contribution in [0.25, 0.3) is 6.08 Å². The van der Waals surface area contributed by atoms with Crippen LogP contribution in [0.15, 0.2) is 22.4 Å². The maximum absolute atomic E-state index is 11.7. The van der Waals surface area contributed by atoms with Gasteiger partial charge in [-0.05, 0) is 12.2 Å². The third-order valence-electron chi connectivity index (χ3n) is 2.36. The highest BCUT2D eigenvalue weighted by Crippen LogP contribution is 2.06. The van der Waals surface area contributed by atoms with Crippen LogP contribution in [0.5, 0.6) is 0 Å². The second kappa shape index (κ2) is 2.60. The number of pyridine rings is 1. The number of nitrogens with zero attached hydrogens (tertiary/aromatic N) is 3. The molecule has 15 heavy (non-hydrogen) atoms. The lowest BCUT2D eigenvalue weighted by Crippen LogP contribution is -2.30. The van der Waals surface area contributed by atoms with Gasteiger partial charge in [0, 0.05) is 5.56 Å². The van der Waals surface area contributed by atoms with E-state index < -0.39 is 0 Å². The number of hydrogen-bond donors (Lipinski definition) is 1. The molecule has 0 spiro atoms. The molecule has 1 aromatic heterocycles. The first-order valence-electron chi connectivity index (χ1n) is 4.40. The topological polar surface area (TPSA) is 80.7 Å². The molecular formula is C10H6N4O. The predicted molar refractivity (Wildman–Crippen MR) is 55.0 cm³/mol. The smallest absolute Gasteiger partial charge is 0.188 e. The lowest BCUT2D eigenvalue weighted by atomic mass is 10.0. The molecule has 0 amide bonds. The summed E-state index contributed by atoms with van der Waals surface area (Å²) in [5.74, 6) is 0.223. The van der Waals surface area contributed by atoms with E-state index in [4.69, 9.17) is 5.73 Å². The number of carbonyl (C=O) groups excluding carboxylic acids is 1. The van der Waals surface area contributed by atoms with Crippen LogP contribution in [-0.2, 0) is 0 Å². The molecule has 1 aliphatic heterocycles. The molecule has 5 heteroatoms. The number of hydrogen-bond acceptors (Lipinski definition) is 5. The van der Waals surface area contributed by atoms with E-state index in [1.54, 1.807) is 12.2 Å². The fraction of sp³-hybridized carbons (Fsp3) is 0. The van der Waals surface area contributed by atoms with Gasteiger partial charge in [-0.25, -0.2) is 4.98 Å². The zero-order valence-electron chi connectivity index (χ0n) is 7.64. The van der Waals surface area contributed by atoms with Crippen molar-refractivity contribution in [2.45, 2.75) is 0 Å². The van der Waals surface area contributed by atoms with Gasteiger partial charge in [-0.15, -0.1) is 5.10 Å². The SMILES string of the molecule is Nc1nc2c(c3c1=NN=C3)C(=O)C=CC=2. The molecule has 0 saturated carbocycles. The minimum absolute atomic E-state index is 0.0835. The molecule has 0 bridgehead atoms. The summed E-state index contributed by atoms with van der Waals surface area (Å²) >= 11 is 0. The summed E-state index contributed by atoms with van der Waals surface area (Å²) in [4.78, 5) is 15.8. The number of ketones is 1. The van der Waals surface area contributed by atoms with E-state index in [0.29, 0.717) is 27.7 Å². The van der Waals surface area contributed by atoms with Crippen molar-refractivity contribution in [1.82, 2.24) is 4.98 Å². The van der Waals surface area contributed by atoms with Crippen LogP contribution in [-0.4, -0.2) is 17.0 Å². The minimum atomic E-state index is -0.0835. The Labute approximate surface area is 84.3 Å². The van der Waals surface area contributed by atoms with Crippen molar-refractivity contribution in [3.05, 3.63) is 34.0 Å². The van der Waals surface area contributed by atoms with E-state index in [1.807, 2.05) is 0 Å². The van der Waals surface area contributed by atoms with E-state index >= 15 is 0 Å². The van der Waals surface area contributed by atoms with Gasteiger partial charge in [-0.1, -0.05) is 6.08 Å². The number of carbonyl (C=O) groups is 1. The molecule has 1 aliphatic carbocycles. The number of rotatable bonds is 0. The molecule has 0 aromatic carbocycles. The number of allylic oxidation sites excluding steroid dienone is 2. The second-order valence-corrected chi connectivity index (χ2v) is 3.25. The highest BCUT2D eigenvalue weighted by atomic mass is 16.1. The summed E-state index contributed by atoms with van der Waals surface area (Å²) < 4.78 is 0. The molecule has 0 radical (unpaired) electrons. The molecule has 72 valence electrons. The summed E-state index contributed by atoms with van der Waals surface area (Å²) in [5.41, 5.74) is 6.90. The zero-order valence-corrected chi connectivity index (χ0v) is 7.64. The van der Waals surface area contributed by atoms with Gasteiger partial charge in [0.05, 0.1) is 17.1 Å². The molecule has 0 atom stereocenters. The van der Waals surface area contributed by atoms with Crippen molar-refractivity contribution >= 4 is 23.9 Å². The highest BCUT2D eigenvalue weighted by molar-refractivity contribution is 6.11. The molecular weight excluding hydrogens is 192 g/mol. The first-order valence-corrected chi connectivity index (χ1v) is 4.40. The summed E-state index contributed by atoms with van der Waals surface area (Å²) in [6, 6.07) is 0. The summed E-state index contributed by atoms with van der Waals surface area (Å²) in [6.45, 7) is 0. The molecule has 2 N–H and O–H groups in total. The lowest BCUT2D eigenvalue weighted by Gasteiger charge is -2.05. The van der Waals surface area contributed by atoms with Gasteiger partial charge < -0.3 is 5.73 Å². The van der Waals surface area contributed by atoms with Gasteiger partial charge >= 0.3 is 0 Å². The number of aromatic nitrogens is 1. The van der Waals surface area contributed by atoms with Crippen LogP contribution < -0.4 is 16.4 Å². The molecule has 3 rings (SSSR count). The Kier molecular flexibility index (Phi) is 1.39. The van der Waals surface area contributed by atoms with Gasteiger partial charge in [0.25, 0.3) is 0 Å². The van der Waals surface area contributed by atoms with Gasteiger partial charge in [-0.2, -0.15) is 5.10 Å². The number of nitrogen functional groups attached to an aromatic ring is 1. The highest BCUT2D eigenvalue weighted by Gasteiger charge is 2.18. The summed E-state index contributed by atoms with van der Waals surface area (Å²) in [7, 11) is 0. The first-order chi connectivity index (χ1) is 7.27. The Hall–Kier alpha value is -2.30. The van der Waals surface area contributed by atoms with E-state index in [9.17, 15) is 4.79 Å². The quantitative estimate of drug-likeness (QED) is 0.590. The zero-order chi connectivity index (χ0) is 10.4. The van der Waals surface area contributed by atoms with Gasteiger partial charge in [-0.3, -0.25) is 4.79 Å². The second-order valence-electron chi connectivity index (χ2n) is 3.25. The fourth-order valence-electron chi connectivity index (χ4n) is 1.70. The average Bonchev–Trinajstić information content (AvgIpc) is 2.66. The molecule has 0 unspecified atom stereocenters. The van der Waals surface area contributed by atoms with Crippen LogP contribution in [0.2, 0.25) is 0 Å². The van der Waals surface area contributed by atoms with E-state index in [1.165, 1.54) is 12.3 Å². The maximum Gasteiger partial charge on any atom is 0.188 e. The molecule has 0 saturated heterocycles. The number of anilines is 1. The van der Waals surface area contributed by atoms with E-state index in [0.717, 1.165) is 0 Å². The lowest BCUT2D eigenvalue weighted by molar-refractivity contribution is 0.104. The Balaban J connectivity index is 2.55. The monoisotopic (exact) mass is 198 g/mol. The van der Waals surface area contributed by atoms with Crippen LogP contribution in [0.1, 0.15) is 15.9 Å². The fourth-order valence-corrected chi connectivity index (χ4v) is 1.70. The Morgan fingerprint density at radius 2 is 2.20 bits per heavy atom. The van der Waals surface area contributed by atoms with Gasteiger partial charge in [0.1, 0.15) is 5.36 Å². The first kappa shape index (κ1) is 8.05. The Morgan fingerprint density at radius 1 is 1.33 bits per heavy atom. The van der Waals surface area contributed by atoms with Crippen molar-refractivity contribution in [2.24, 2.45) is 10.2 Å². The van der Waals surface area contributed by atoms with Crippen molar-refractivity contribution in [2.75, 3.05) is 5.73 Å². The Bertz CT molecular complexity index is 655. The molecule has 2 heterocycles.